The number of hydrogen-bond donors (Lipinski definition) is 0. The largest absolute Gasteiger partial charge is 0.351 e. The molecule has 1 saturated carbocycles. The van der Waals surface area contributed by atoms with Crippen molar-refractivity contribution in [2.75, 3.05) is 11.4 Å². The molecule has 2 heterocycles. The number of hydrogen-bond acceptors (Lipinski definition) is 3. The van der Waals surface area contributed by atoms with Crippen LogP contribution in [0, 0.1) is 5.92 Å². The molecule has 17 heavy (non-hydrogen) atoms. The second kappa shape index (κ2) is 4.81. The highest BCUT2D eigenvalue weighted by Crippen LogP contribution is 2.38. The maximum atomic E-state index is 6.17. The first-order valence-electron chi connectivity index (χ1n) is 6.59. The summed E-state index contributed by atoms with van der Waals surface area (Å²) in [6.07, 6.45) is 11.4. The second-order valence-corrected chi connectivity index (χ2v) is 5.48. The summed E-state index contributed by atoms with van der Waals surface area (Å²) in [5, 5.41) is 0.554. The Morgan fingerprint density at radius 2 is 1.82 bits per heavy atom. The molecule has 4 heteroatoms. The molecule has 3 rings (SSSR count). The van der Waals surface area contributed by atoms with Crippen molar-refractivity contribution < 1.29 is 0 Å². The van der Waals surface area contributed by atoms with E-state index in [2.05, 4.69) is 14.9 Å². The lowest BCUT2D eigenvalue weighted by Gasteiger charge is -2.44. The summed E-state index contributed by atoms with van der Waals surface area (Å²) >= 11 is 6.17. The van der Waals surface area contributed by atoms with Gasteiger partial charge in [0.1, 0.15) is 0 Å². The van der Waals surface area contributed by atoms with Crippen LogP contribution in [0.15, 0.2) is 12.4 Å². The third-order valence-electron chi connectivity index (χ3n) is 4.15. The van der Waals surface area contributed by atoms with Gasteiger partial charge in [0.25, 0.3) is 0 Å². The van der Waals surface area contributed by atoms with Gasteiger partial charge in [0.2, 0.25) is 0 Å². The molecule has 2 atom stereocenters. The fourth-order valence-electron chi connectivity index (χ4n) is 3.39. The Morgan fingerprint density at radius 3 is 2.71 bits per heavy atom. The molecule has 92 valence electrons. The van der Waals surface area contributed by atoms with E-state index in [4.69, 9.17) is 11.6 Å². The van der Waals surface area contributed by atoms with Crippen LogP contribution in [0.2, 0.25) is 5.15 Å². The molecule has 0 N–H and O–H groups in total. The van der Waals surface area contributed by atoms with Crippen molar-refractivity contribution in [1.82, 2.24) is 9.97 Å². The van der Waals surface area contributed by atoms with Gasteiger partial charge < -0.3 is 4.90 Å². The van der Waals surface area contributed by atoms with Crippen molar-refractivity contribution in [2.45, 2.75) is 44.6 Å². The predicted molar refractivity (Wildman–Crippen MR) is 69.4 cm³/mol. The summed E-state index contributed by atoms with van der Waals surface area (Å²) in [4.78, 5) is 11.0. The van der Waals surface area contributed by atoms with Crippen molar-refractivity contribution in [3.05, 3.63) is 17.5 Å². The minimum absolute atomic E-state index is 0.554. The molecule has 0 unspecified atom stereocenters. The van der Waals surface area contributed by atoms with Crippen LogP contribution in [0.5, 0.6) is 0 Å². The highest BCUT2D eigenvalue weighted by Gasteiger charge is 2.34. The number of piperidine rings is 1. The van der Waals surface area contributed by atoms with Crippen molar-refractivity contribution in [1.29, 1.82) is 0 Å². The first kappa shape index (κ1) is 11.3. The van der Waals surface area contributed by atoms with Crippen LogP contribution in [-0.2, 0) is 0 Å². The van der Waals surface area contributed by atoms with Crippen LogP contribution in [0.25, 0.3) is 0 Å². The first-order chi connectivity index (χ1) is 8.36. The van der Waals surface area contributed by atoms with E-state index >= 15 is 0 Å². The highest BCUT2D eigenvalue weighted by molar-refractivity contribution is 6.31. The fraction of sp³-hybridized carbons (Fsp3) is 0.692. The molecule has 1 saturated heterocycles. The number of fused-ring (bicyclic) bond motifs is 1. The van der Waals surface area contributed by atoms with Crippen molar-refractivity contribution in [3.63, 3.8) is 0 Å². The van der Waals surface area contributed by atoms with Gasteiger partial charge in [-0.3, -0.25) is 0 Å². The number of rotatable bonds is 1. The minimum Gasteiger partial charge on any atom is -0.351 e. The highest BCUT2D eigenvalue weighted by atomic mass is 35.5. The maximum Gasteiger partial charge on any atom is 0.171 e. The molecular formula is C13H18ClN3. The Kier molecular flexibility index (Phi) is 3.19. The number of halogens is 1. The molecule has 2 aliphatic rings. The molecule has 0 spiro atoms. The Labute approximate surface area is 107 Å². The lowest BCUT2D eigenvalue weighted by Crippen LogP contribution is -2.47. The van der Waals surface area contributed by atoms with E-state index in [9.17, 15) is 0 Å². The van der Waals surface area contributed by atoms with E-state index in [0.717, 1.165) is 18.3 Å². The third-order valence-corrected chi connectivity index (χ3v) is 4.42. The standard InChI is InChI=1S/C13H18ClN3/c14-12-13(16-8-7-15-12)17-9-3-5-10-4-1-2-6-11(10)17/h7-8,10-11H,1-6,9H2/t10-,11+/m0/s1. The predicted octanol–water partition coefficient (Wildman–Crippen LogP) is 3.29. The van der Waals surface area contributed by atoms with Gasteiger partial charge in [-0.05, 0) is 31.6 Å². The van der Waals surface area contributed by atoms with Gasteiger partial charge >= 0.3 is 0 Å². The van der Waals surface area contributed by atoms with Gasteiger partial charge in [0.05, 0.1) is 0 Å². The summed E-state index contributed by atoms with van der Waals surface area (Å²) in [6.45, 7) is 1.08. The maximum absolute atomic E-state index is 6.17. The van der Waals surface area contributed by atoms with Crippen LogP contribution in [-0.4, -0.2) is 22.6 Å². The third kappa shape index (κ3) is 2.13. The van der Waals surface area contributed by atoms with E-state index in [-0.39, 0.29) is 0 Å². The van der Waals surface area contributed by atoms with Crippen LogP contribution in [0.3, 0.4) is 0 Å². The molecule has 1 aromatic rings. The monoisotopic (exact) mass is 251 g/mol. The van der Waals surface area contributed by atoms with Crippen LogP contribution < -0.4 is 4.90 Å². The summed E-state index contributed by atoms with van der Waals surface area (Å²) in [7, 11) is 0. The number of anilines is 1. The molecule has 0 aromatic carbocycles. The zero-order valence-corrected chi connectivity index (χ0v) is 10.7. The van der Waals surface area contributed by atoms with Gasteiger partial charge in [0, 0.05) is 25.0 Å². The van der Waals surface area contributed by atoms with Crippen molar-refractivity contribution in [3.8, 4) is 0 Å². The van der Waals surface area contributed by atoms with E-state index in [1.807, 2.05) is 0 Å². The zero-order chi connectivity index (χ0) is 11.7. The second-order valence-electron chi connectivity index (χ2n) is 5.12. The molecule has 2 fully saturated rings. The molecule has 1 aliphatic heterocycles. The summed E-state index contributed by atoms with van der Waals surface area (Å²) in [5.41, 5.74) is 0. The average Bonchev–Trinajstić information content (AvgIpc) is 2.39. The quantitative estimate of drug-likeness (QED) is 0.767. The lowest BCUT2D eigenvalue weighted by molar-refractivity contribution is 0.242. The van der Waals surface area contributed by atoms with Gasteiger partial charge in [0.15, 0.2) is 11.0 Å². The normalized spacial score (nSPS) is 28.9. The summed E-state index contributed by atoms with van der Waals surface area (Å²) in [5.74, 6) is 1.74. The van der Waals surface area contributed by atoms with E-state index in [1.54, 1.807) is 12.4 Å². The molecule has 0 bridgehead atoms. The molecule has 1 aromatic heterocycles. The molecular weight excluding hydrogens is 234 g/mol. The smallest absolute Gasteiger partial charge is 0.171 e. The Hall–Kier alpha value is -0.830. The van der Waals surface area contributed by atoms with Crippen LogP contribution in [0.4, 0.5) is 5.82 Å². The van der Waals surface area contributed by atoms with E-state index in [1.165, 1.54) is 38.5 Å². The van der Waals surface area contributed by atoms with Gasteiger partial charge in [-0.1, -0.05) is 24.4 Å². The van der Waals surface area contributed by atoms with Gasteiger partial charge in [-0.2, -0.15) is 0 Å². The Balaban J connectivity index is 1.88. The molecule has 0 radical (unpaired) electrons. The zero-order valence-electron chi connectivity index (χ0n) is 9.98. The molecule has 1 aliphatic carbocycles. The Bertz CT molecular complexity index is 394. The van der Waals surface area contributed by atoms with E-state index in [0.29, 0.717) is 11.2 Å². The number of aromatic nitrogens is 2. The van der Waals surface area contributed by atoms with Gasteiger partial charge in [-0.25, -0.2) is 9.97 Å². The van der Waals surface area contributed by atoms with Crippen molar-refractivity contribution in [2.24, 2.45) is 5.92 Å². The summed E-state index contributed by atoms with van der Waals surface area (Å²) < 4.78 is 0. The van der Waals surface area contributed by atoms with Crippen LogP contribution >= 0.6 is 11.6 Å². The van der Waals surface area contributed by atoms with Crippen molar-refractivity contribution >= 4 is 17.4 Å². The molecule has 0 amide bonds. The fourth-order valence-corrected chi connectivity index (χ4v) is 3.61. The first-order valence-corrected chi connectivity index (χ1v) is 6.97. The van der Waals surface area contributed by atoms with Crippen LogP contribution in [0.1, 0.15) is 38.5 Å². The topological polar surface area (TPSA) is 29.0 Å². The van der Waals surface area contributed by atoms with Gasteiger partial charge in [-0.15, -0.1) is 0 Å². The molecule has 3 nitrogen and oxygen atoms in total. The summed E-state index contributed by atoms with van der Waals surface area (Å²) in [6, 6.07) is 0.645. The number of nitrogens with zero attached hydrogens (tertiary/aromatic N) is 3. The average molecular weight is 252 g/mol. The lowest BCUT2D eigenvalue weighted by atomic mass is 9.78. The minimum atomic E-state index is 0.554. The van der Waals surface area contributed by atoms with E-state index < -0.39 is 0 Å². The Morgan fingerprint density at radius 1 is 1.06 bits per heavy atom. The SMILES string of the molecule is Clc1nccnc1N1CCC[C@@H]2CCCC[C@H]21.